The highest BCUT2D eigenvalue weighted by Gasteiger charge is 2.27. The second-order valence-electron chi connectivity index (χ2n) is 6.11. The summed E-state index contributed by atoms with van der Waals surface area (Å²) in [4.78, 5) is 12.3. The molecule has 0 radical (unpaired) electrons. The van der Waals surface area contributed by atoms with Gasteiger partial charge >= 0.3 is 0 Å². The van der Waals surface area contributed by atoms with Gasteiger partial charge in [-0.2, -0.15) is 5.10 Å². The molecule has 2 aromatic rings. The minimum atomic E-state index is -0.247. The second kappa shape index (κ2) is 7.62. The maximum absolute atomic E-state index is 12.3. The number of hydrogen-bond acceptors (Lipinski definition) is 3. The SMILES string of the molecule is Cl.NC1(CNC(=O)c2cnn(-c3ccccc3)c2)CCCCC1. The first-order valence-corrected chi connectivity index (χ1v) is 7.84. The molecule has 1 aromatic heterocycles. The first-order valence-electron chi connectivity index (χ1n) is 7.84. The van der Waals surface area contributed by atoms with Crippen LogP contribution in [0.3, 0.4) is 0 Å². The minimum Gasteiger partial charge on any atom is -0.350 e. The number of carbonyl (C=O) groups excluding carboxylic acids is 1. The second-order valence-corrected chi connectivity index (χ2v) is 6.11. The van der Waals surface area contributed by atoms with E-state index in [1.165, 1.54) is 6.42 Å². The fraction of sp³-hybridized carbons (Fsp3) is 0.412. The highest BCUT2D eigenvalue weighted by atomic mass is 35.5. The average molecular weight is 335 g/mol. The van der Waals surface area contributed by atoms with Crippen molar-refractivity contribution >= 4 is 18.3 Å². The van der Waals surface area contributed by atoms with E-state index in [2.05, 4.69) is 10.4 Å². The zero-order valence-corrected chi connectivity index (χ0v) is 13.9. The third-order valence-corrected chi connectivity index (χ3v) is 4.32. The van der Waals surface area contributed by atoms with Crippen molar-refractivity contribution in [2.75, 3.05) is 6.54 Å². The molecule has 1 saturated carbocycles. The Morgan fingerprint density at radius 2 is 1.91 bits per heavy atom. The van der Waals surface area contributed by atoms with Crippen LogP contribution in [0, 0.1) is 0 Å². The highest BCUT2D eigenvalue weighted by molar-refractivity contribution is 5.93. The molecule has 3 N–H and O–H groups in total. The van der Waals surface area contributed by atoms with Gasteiger partial charge in [0, 0.05) is 18.3 Å². The number of amides is 1. The predicted molar refractivity (Wildman–Crippen MR) is 93.1 cm³/mol. The van der Waals surface area contributed by atoms with E-state index in [-0.39, 0.29) is 23.9 Å². The number of rotatable bonds is 4. The van der Waals surface area contributed by atoms with Crippen LogP contribution in [0.25, 0.3) is 5.69 Å². The van der Waals surface area contributed by atoms with Crippen molar-refractivity contribution in [3.05, 3.63) is 48.3 Å². The number of halogens is 1. The third kappa shape index (κ3) is 4.33. The lowest BCUT2D eigenvalue weighted by Gasteiger charge is -2.33. The number of carbonyl (C=O) groups is 1. The summed E-state index contributed by atoms with van der Waals surface area (Å²) in [7, 11) is 0. The minimum absolute atomic E-state index is 0. The van der Waals surface area contributed by atoms with Crippen molar-refractivity contribution in [3.63, 3.8) is 0 Å². The molecule has 1 aliphatic carbocycles. The Kier molecular flexibility index (Phi) is 5.80. The van der Waals surface area contributed by atoms with Crippen molar-refractivity contribution in [1.82, 2.24) is 15.1 Å². The Morgan fingerprint density at radius 3 is 2.61 bits per heavy atom. The third-order valence-electron chi connectivity index (χ3n) is 4.32. The summed E-state index contributed by atoms with van der Waals surface area (Å²) in [5.74, 6) is -0.113. The fourth-order valence-corrected chi connectivity index (χ4v) is 2.95. The zero-order chi connectivity index (χ0) is 15.4. The van der Waals surface area contributed by atoms with Crippen molar-refractivity contribution in [2.24, 2.45) is 5.73 Å². The molecule has 0 saturated heterocycles. The molecular formula is C17H23ClN4O. The van der Waals surface area contributed by atoms with Crippen LogP contribution in [-0.2, 0) is 0 Å². The lowest BCUT2D eigenvalue weighted by atomic mass is 9.82. The molecule has 3 rings (SSSR count). The van der Waals surface area contributed by atoms with Gasteiger partial charge in [0.25, 0.3) is 5.91 Å². The van der Waals surface area contributed by atoms with Gasteiger partial charge in [-0.05, 0) is 25.0 Å². The topological polar surface area (TPSA) is 72.9 Å². The number of hydrogen-bond donors (Lipinski definition) is 2. The van der Waals surface area contributed by atoms with E-state index in [4.69, 9.17) is 5.73 Å². The van der Waals surface area contributed by atoms with Crippen LogP contribution < -0.4 is 11.1 Å². The monoisotopic (exact) mass is 334 g/mol. The molecule has 5 nitrogen and oxygen atoms in total. The van der Waals surface area contributed by atoms with Gasteiger partial charge in [-0.15, -0.1) is 12.4 Å². The van der Waals surface area contributed by atoms with Crippen molar-refractivity contribution < 1.29 is 4.79 Å². The summed E-state index contributed by atoms with van der Waals surface area (Å²) in [6.45, 7) is 0.530. The van der Waals surface area contributed by atoms with Gasteiger partial charge in [0.1, 0.15) is 0 Å². The summed E-state index contributed by atoms with van der Waals surface area (Å²) in [5.41, 5.74) is 7.59. The molecule has 0 atom stereocenters. The van der Waals surface area contributed by atoms with Crippen molar-refractivity contribution in [2.45, 2.75) is 37.6 Å². The number of para-hydroxylation sites is 1. The Morgan fingerprint density at radius 1 is 1.22 bits per heavy atom. The maximum Gasteiger partial charge on any atom is 0.254 e. The summed E-state index contributed by atoms with van der Waals surface area (Å²) in [6, 6.07) is 9.73. The van der Waals surface area contributed by atoms with Crippen LogP contribution in [0.2, 0.25) is 0 Å². The van der Waals surface area contributed by atoms with Gasteiger partial charge in [0.15, 0.2) is 0 Å². The Bertz CT molecular complexity index is 635. The number of aromatic nitrogens is 2. The molecule has 1 heterocycles. The quantitative estimate of drug-likeness (QED) is 0.902. The summed E-state index contributed by atoms with van der Waals surface area (Å²) < 4.78 is 1.70. The Balaban J connectivity index is 0.00000192. The first kappa shape index (κ1) is 17.5. The Hall–Kier alpha value is -1.85. The van der Waals surface area contributed by atoms with Gasteiger partial charge in [0.05, 0.1) is 17.4 Å². The standard InChI is InChI=1S/C17H22N4O.ClH/c18-17(9-5-2-6-10-17)13-19-16(22)14-11-20-21(12-14)15-7-3-1-4-8-15;/h1,3-4,7-8,11-12H,2,5-6,9-10,13,18H2,(H,19,22);1H. The van der Waals surface area contributed by atoms with Gasteiger partial charge < -0.3 is 11.1 Å². The molecule has 0 aliphatic heterocycles. The molecule has 23 heavy (non-hydrogen) atoms. The maximum atomic E-state index is 12.3. The lowest BCUT2D eigenvalue weighted by molar-refractivity contribution is 0.0937. The smallest absolute Gasteiger partial charge is 0.254 e. The van der Waals surface area contributed by atoms with Gasteiger partial charge in [-0.3, -0.25) is 4.79 Å². The summed E-state index contributed by atoms with van der Waals surface area (Å²) in [6.07, 6.45) is 8.85. The van der Waals surface area contributed by atoms with Crippen LogP contribution in [-0.4, -0.2) is 27.8 Å². The molecule has 1 amide bonds. The van der Waals surface area contributed by atoms with E-state index in [0.717, 1.165) is 31.4 Å². The van der Waals surface area contributed by atoms with Crippen LogP contribution in [0.15, 0.2) is 42.7 Å². The van der Waals surface area contributed by atoms with Crippen molar-refractivity contribution in [1.29, 1.82) is 0 Å². The van der Waals surface area contributed by atoms with Crippen LogP contribution in [0.1, 0.15) is 42.5 Å². The summed E-state index contributed by atoms with van der Waals surface area (Å²) in [5, 5.41) is 7.20. The molecule has 0 spiro atoms. The van der Waals surface area contributed by atoms with E-state index >= 15 is 0 Å². The van der Waals surface area contributed by atoms with E-state index < -0.39 is 0 Å². The fourth-order valence-electron chi connectivity index (χ4n) is 2.95. The number of nitrogens with zero attached hydrogens (tertiary/aromatic N) is 2. The van der Waals surface area contributed by atoms with E-state index in [1.807, 2.05) is 30.3 Å². The average Bonchev–Trinajstić information content (AvgIpc) is 3.04. The molecule has 1 fully saturated rings. The van der Waals surface area contributed by atoms with E-state index in [0.29, 0.717) is 12.1 Å². The Labute approximate surface area is 142 Å². The molecule has 0 bridgehead atoms. The zero-order valence-electron chi connectivity index (χ0n) is 13.1. The van der Waals surface area contributed by atoms with E-state index in [9.17, 15) is 4.79 Å². The molecule has 6 heteroatoms. The molecular weight excluding hydrogens is 312 g/mol. The largest absolute Gasteiger partial charge is 0.350 e. The molecule has 0 unspecified atom stereocenters. The van der Waals surface area contributed by atoms with E-state index in [1.54, 1.807) is 17.1 Å². The normalized spacial score (nSPS) is 16.4. The summed E-state index contributed by atoms with van der Waals surface area (Å²) >= 11 is 0. The molecule has 124 valence electrons. The van der Waals surface area contributed by atoms with Gasteiger partial charge in [-0.1, -0.05) is 37.5 Å². The van der Waals surface area contributed by atoms with Crippen LogP contribution in [0.4, 0.5) is 0 Å². The highest BCUT2D eigenvalue weighted by Crippen LogP contribution is 2.25. The number of benzene rings is 1. The van der Waals surface area contributed by atoms with Gasteiger partial charge in [0.2, 0.25) is 0 Å². The van der Waals surface area contributed by atoms with Gasteiger partial charge in [-0.25, -0.2) is 4.68 Å². The molecule has 1 aliphatic rings. The van der Waals surface area contributed by atoms with Crippen molar-refractivity contribution in [3.8, 4) is 5.69 Å². The number of nitrogens with one attached hydrogen (secondary N) is 1. The molecule has 1 aromatic carbocycles. The predicted octanol–water partition coefficient (Wildman–Crippen LogP) is 2.69. The first-order chi connectivity index (χ1) is 10.7. The van der Waals surface area contributed by atoms with Crippen LogP contribution in [0.5, 0.6) is 0 Å². The van der Waals surface area contributed by atoms with Crippen LogP contribution >= 0.6 is 12.4 Å². The lowest BCUT2D eigenvalue weighted by Crippen LogP contribution is -2.51. The number of nitrogens with two attached hydrogens (primary N) is 1.